The fourth-order valence-electron chi connectivity index (χ4n) is 9.26. The van der Waals surface area contributed by atoms with E-state index in [4.69, 9.17) is 12.3 Å². The third-order valence-electron chi connectivity index (χ3n) is 13.8. The maximum absolute atomic E-state index is 13.8. The number of hydrogen-bond acceptors (Lipinski definition) is 11. The second-order valence-electron chi connectivity index (χ2n) is 20.7. The highest BCUT2D eigenvalue weighted by atomic mass is 16.4. The van der Waals surface area contributed by atoms with Crippen LogP contribution in [0.25, 0.3) is 10.8 Å². The molecular weight excluding hydrogens is 1010 g/mol. The predicted octanol–water partition coefficient (Wildman–Crippen LogP) is 3.12. The van der Waals surface area contributed by atoms with Crippen molar-refractivity contribution in [1.82, 2.24) is 37.2 Å². The van der Waals surface area contributed by atoms with E-state index in [9.17, 15) is 58.2 Å². The van der Waals surface area contributed by atoms with Gasteiger partial charge in [0.1, 0.15) is 25.6 Å². The van der Waals surface area contributed by atoms with E-state index in [0.29, 0.717) is 63.8 Å². The van der Waals surface area contributed by atoms with Gasteiger partial charge in [0, 0.05) is 38.4 Å². The number of carboxylic acid groups (broad SMARTS) is 3. The van der Waals surface area contributed by atoms with Gasteiger partial charge in [-0.3, -0.25) is 33.6 Å². The molecule has 22 heteroatoms. The molecular formula is C56H79N9O13. The van der Waals surface area contributed by atoms with E-state index in [2.05, 4.69) is 56.8 Å². The molecule has 0 radical (unpaired) electrons. The average Bonchev–Trinajstić information content (AvgIpc) is 3.41. The normalized spacial score (nSPS) is 16.6. The van der Waals surface area contributed by atoms with Gasteiger partial charge in [0.05, 0.1) is 18.4 Å². The minimum absolute atomic E-state index is 0.0640. The number of urea groups is 1. The molecule has 1 aliphatic rings. The fraction of sp³-hybridized carbons (Fsp3) is 0.536. The summed E-state index contributed by atoms with van der Waals surface area (Å²) in [5.41, 5.74) is 10.4. The van der Waals surface area contributed by atoms with Crippen molar-refractivity contribution >= 4 is 70.2 Å². The van der Waals surface area contributed by atoms with Gasteiger partial charge in [-0.25, -0.2) is 14.4 Å². The van der Waals surface area contributed by atoms with E-state index >= 15 is 0 Å². The number of amides is 8. The Hall–Kier alpha value is -7.62. The molecule has 0 bridgehead atoms. The lowest BCUT2D eigenvalue weighted by atomic mass is 9.81. The van der Waals surface area contributed by atoms with Gasteiger partial charge in [0.15, 0.2) is 0 Å². The first-order valence-electron chi connectivity index (χ1n) is 27.3. The third kappa shape index (κ3) is 22.2. The van der Waals surface area contributed by atoms with Gasteiger partial charge in [0.25, 0.3) is 0 Å². The molecule has 22 nitrogen and oxygen atoms in total. The molecule has 0 aliphatic heterocycles. The molecule has 1 saturated carbocycles. The van der Waals surface area contributed by atoms with Crippen LogP contribution in [0.3, 0.4) is 0 Å². The molecule has 1 aliphatic carbocycles. The van der Waals surface area contributed by atoms with Gasteiger partial charge in [-0.15, -0.1) is 0 Å². The molecule has 8 amide bonds. The minimum Gasteiger partial charge on any atom is -0.481 e. The zero-order chi connectivity index (χ0) is 58.0. The van der Waals surface area contributed by atoms with Gasteiger partial charge in [-0.1, -0.05) is 80.6 Å². The number of rotatable bonds is 34. The standard InChI is InChI=1S/C56H79N9O13/c1-33(2)28-35-14-19-38(20-15-35)34(3)49(69)62-46(31-47(58)66)53(73)60-26-8-6-12-42(57)51(71)61-32-36-16-22-40(23-17-36)50(70)63-45(30-37-18-21-39-10-4-5-11-41(39)29-37)52(72)59-27-9-7-13-43(54(74)75)64-56(78)65-44(55(76)77)24-25-48(67)68/h4-5,10-11,14-15,18-21,29,33-34,36,40,42-46H,6-9,12-13,16-17,22-28,30-32,57H2,1-3H3,(H2,58,66)(H,59,72)(H,60,73)(H,61,71)(H,62,69)(H,63,70)(H,67,68)(H,74,75)(H,76,77)(H2,64,65,78)/i/hD. The molecule has 14 N–H and O–H groups in total. The van der Waals surface area contributed by atoms with E-state index in [0.717, 1.165) is 33.9 Å². The number of unbranched alkanes of at least 4 members (excludes halogenated alkanes) is 2. The summed E-state index contributed by atoms with van der Waals surface area (Å²) in [5.74, 6) is -7.40. The van der Waals surface area contributed by atoms with Crippen molar-refractivity contribution in [3.63, 3.8) is 0 Å². The minimum atomic E-state index is -1.55. The van der Waals surface area contributed by atoms with Crippen LogP contribution in [0.5, 0.6) is 0 Å². The summed E-state index contributed by atoms with van der Waals surface area (Å²) in [7, 11) is 0. The van der Waals surface area contributed by atoms with Crippen molar-refractivity contribution in [2.45, 2.75) is 153 Å². The Kier molecular flexibility index (Phi) is 25.3. The van der Waals surface area contributed by atoms with Crippen molar-refractivity contribution < 1.29 is 64.7 Å². The zero-order valence-corrected chi connectivity index (χ0v) is 44.8. The van der Waals surface area contributed by atoms with Crippen molar-refractivity contribution in [1.29, 1.82) is 0 Å². The molecule has 1 fully saturated rings. The van der Waals surface area contributed by atoms with E-state index < -0.39 is 102 Å². The average molecular weight is 1090 g/mol. The first kappa shape index (κ1) is 61.2. The number of carbonyl (C=O) groups excluding carboxylic acids is 7. The summed E-state index contributed by atoms with van der Waals surface area (Å²) in [5, 5.41) is 48.2. The Balaban J connectivity index is 1.21. The Labute approximate surface area is 456 Å². The SMILES string of the molecule is [2H]NC(CCCCNC(=O)C(CC(N)=O)NC(=O)C(C)c1ccc(CC(C)C)cc1)C(=O)NCC1CCC(C(=O)NC(Cc2ccc3ccccc3c2)C(=O)NCCCCC(NC(=O)NC(CCC(=O)O)C(=O)O)C(=O)O)CC1. The van der Waals surface area contributed by atoms with E-state index in [-0.39, 0.29) is 56.5 Å². The number of hydrogen-bond donors (Lipinski definition) is 12. The number of aliphatic carboxylic acids is 3. The summed E-state index contributed by atoms with van der Waals surface area (Å²) < 4.78 is 7.80. The molecule has 6 unspecified atom stereocenters. The third-order valence-corrected chi connectivity index (χ3v) is 13.8. The number of carbonyl (C=O) groups is 10. The Morgan fingerprint density at radius 1 is 0.603 bits per heavy atom. The molecule has 0 spiro atoms. The quantitative estimate of drug-likeness (QED) is 0.0383. The maximum Gasteiger partial charge on any atom is 0.326 e. The van der Waals surface area contributed by atoms with Crippen molar-refractivity contribution in [3.8, 4) is 0 Å². The van der Waals surface area contributed by atoms with Crippen molar-refractivity contribution in [2.75, 3.05) is 19.6 Å². The van der Waals surface area contributed by atoms with Gasteiger partial charge in [0.2, 0.25) is 35.4 Å². The highest BCUT2D eigenvalue weighted by Gasteiger charge is 2.31. The molecule has 426 valence electrons. The Morgan fingerprint density at radius 2 is 1.19 bits per heavy atom. The van der Waals surface area contributed by atoms with Crippen LogP contribution < -0.4 is 48.7 Å². The molecule has 3 aromatic rings. The Morgan fingerprint density at radius 3 is 1.78 bits per heavy atom. The van der Waals surface area contributed by atoms with Crippen LogP contribution in [0.15, 0.2) is 66.7 Å². The lowest BCUT2D eigenvalue weighted by molar-refractivity contribution is -0.141. The number of fused-ring (bicyclic) bond motifs is 1. The molecule has 0 heterocycles. The van der Waals surface area contributed by atoms with Crippen LogP contribution in [0, 0.1) is 17.8 Å². The maximum atomic E-state index is 13.8. The van der Waals surface area contributed by atoms with E-state index in [1.807, 2.05) is 66.7 Å². The topological polar surface area (TPSA) is 368 Å². The summed E-state index contributed by atoms with van der Waals surface area (Å²) in [6, 6.07) is 14.2. The van der Waals surface area contributed by atoms with E-state index in [1.165, 1.54) is 0 Å². The second kappa shape index (κ2) is 32.2. The Bertz CT molecular complexity index is 2560. The number of carboxylic acids is 3. The molecule has 6 atom stereocenters. The monoisotopic (exact) mass is 1090 g/mol. The van der Waals surface area contributed by atoms with Crippen LogP contribution in [0.2, 0.25) is 1.41 Å². The smallest absolute Gasteiger partial charge is 0.326 e. The number of benzene rings is 3. The summed E-state index contributed by atoms with van der Waals surface area (Å²) >= 11 is 0. The molecule has 0 saturated heterocycles. The van der Waals surface area contributed by atoms with Crippen LogP contribution >= 0.6 is 0 Å². The molecule has 0 aromatic heterocycles. The largest absolute Gasteiger partial charge is 0.481 e. The van der Waals surface area contributed by atoms with Crippen LogP contribution in [-0.4, -0.2) is 125 Å². The van der Waals surface area contributed by atoms with Gasteiger partial charge < -0.3 is 64.0 Å². The van der Waals surface area contributed by atoms with E-state index in [1.54, 1.807) is 6.92 Å². The highest BCUT2D eigenvalue weighted by molar-refractivity contribution is 5.94. The first-order chi connectivity index (χ1) is 37.6. The number of nitrogens with two attached hydrogens (primary N) is 2. The van der Waals surface area contributed by atoms with Crippen molar-refractivity contribution in [2.24, 2.45) is 29.2 Å². The lowest BCUT2D eigenvalue weighted by Gasteiger charge is -2.29. The van der Waals surface area contributed by atoms with Gasteiger partial charge >= 0.3 is 23.9 Å². The highest BCUT2D eigenvalue weighted by Crippen LogP contribution is 2.29. The summed E-state index contributed by atoms with van der Waals surface area (Å²) in [6.07, 6.45) is 3.69. The lowest BCUT2D eigenvalue weighted by Crippen LogP contribution is -2.51. The predicted molar refractivity (Wildman–Crippen MR) is 290 cm³/mol. The van der Waals surface area contributed by atoms with Crippen LogP contribution in [0.4, 0.5) is 4.79 Å². The first-order valence-corrected chi connectivity index (χ1v) is 26.8. The number of primary amides is 1. The summed E-state index contributed by atoms with van der Waals surface area (Å²) in [6.45, 7) is 6.60. The second-order valence-corrected chi connectivity index (χ2v) is 20.7. The van der Waals surface area contributed by atoms with Crippen LogP contribution in [0.1, 0.15) is 127 Å². The molecule has 3 aromatic carbocycles. The van der Waals surface area contributed by atoms with Gasteiger partial charge in [-0.05, 0) is 123 Å². The molecule has 4 rings (SSSR count). The summed E-state index contributed by atoms with van der Waals surface area (Å²) in [4.78, 5) is 125. The fourth-order valence-corrected chi connectivity index (χ4v) is 9.26. The van der Waals surface area contributed by atoms with Crippen LogP contribution in [-0.2, 0) is 56.0 Å². The van der Waals surface area contributed by atoms with Crippen molar-refractivity contribution in [3.05, 3.63) is 83.4 Å². The molecule has 78 heavy (non-hydrogen) atoms. The zero-order valence-electron chi connectivity index (χ0n) is 45.8. The number of nitrogens with one attached hydrogen (secondary N) is 7. The van der Waals surface area contributed by atoms with Gasteiger partial charge in [-0.2, -0.15) is 0 Å².